The number of alkyl halides is 3. The molecule has 2 rings (SSSR count). The second-order valence-electron chi connectivity index (χ2n) is 5.14. The van der Waals surface area contributed by atoms with Gasteiger partial charge < -0.3 is 0 Å². The van der Waals surface area contributed by atoms with E-state index >= 15 is 0 Å². The van der Waals surface area contributed by atoms with Crippen molar-refractivity contribution in [2.75, 3.05) is 6.54 Å². The molecule has 0 fully saturated rings. The smallest absolute Gasteiger partial charge is 0.262 e. The molecule has 0 radical (unpaired) electrons. The van der Waals surface area contributed by atoms with Gasteiger partial charge in [-0.25, -0.2) is 4.31 Å². The monoisotopic (exact) mass is 351 g/mol. The highest BCUT2D eigenvalue weighted by Crippen LogP contribution is 2.34. The van der Waals surface area contributed by atoms with E-state index in [0.29, 0.717) is 12.1 Å². The van der Waals surface area contributed by atoms with Crippen LogP contribution in [-0.2, 0) is 6.18 Å². The number of benzene rings is 1. The van der Waals surface area contributed by atoms with Gasteiger partial charge in [-0.1, -0.05) is 19.1 Å². The summed E-state index contributed by atoms with van der Waals surface area (Å²) in [5.41, 5.74) is 0.611. The Kier molecular flexibility index (Phi) is 5.86. The van der Waals surface area contributed by atoms with Crippen LogP contribution in [0.3, 0.4) is 0 Å². The Morgan fingerprint density at radius 1 is 1.25 bits per heavy atom. The minimum Gasteiger partial charge on any atom is -0.262 e. The lowest BCUT2D eigenvalue weighted by Gasteiger charge is -2.27. The molecule has 1 aromatic carbocycles. The molecule has 1 heterocycles. The Balaban J connectivity index is 2.16. The number of hydrogen-bond acceptors (Lipinski definition) is 4. The summed E-state index contributed by atoms with van der Waals surface area (Å²) < 4.78 is 40.0. The van der Waals surface area contributed by atoms with Gasteiger partial charge in [0.15, 0.2) is 0 Å². The van der Waals surface area contributed by atoms with Crippen LogP contribution in [0.15, 0.2) is 47.6 Å². The zero-order valence-electron chi connectivity index (χ0n) is 13.2. The lowest BCUT2D eigenvalue weighted by molar-refractivity contribution is -0.137. The van der Waals surface area contributed by atoms with E-state index in [0.717, 1.165) is 22.6 Å². The zero-order valence-corrected chi connectivity index (χ0v) is 14.0. The highest BCUT2D eigenvalue weighted by atomic mass is 32.2. The molecule has 1 atom stereocenters. The van der Waals surface area contributed by atoms with Crippen LogP contribution in [-0.4, -0.2) is 15.8 Å². The molecule has 3 nitrogen and oxygen atoms in total. The zero-order chi connectivity index (χ0) is 17.7. The maximum Gasteiger partial charge on any atom is 0.416 e. The maximum atomic E-state index is 12.7. The van der Waals surface area contributed by atoms with Crippen molar-refractivity contribution in [2.45, 2.75) is 31.0 Å². The average Bonchev–Trinajstić information content (AvgIpc) is 2.58. The number of hydrogen-bond donors (Lipinski definition) is 0. The molecule has 0 spiro atoms. The van der Waals surface area contributed by atoms with Gasteiger partial charge in [-0.2, -0.15) is 18.4 Å². The lowest BCUT2D eigenvalue weighted by Crippen LogP contribution is -2.19. The third kappa shape index (κ3) is 4.49. The summed E-state index contributed by atoms with van der Waals surface area (Å²) >= 11 is 1.43. The number of pyridine rings is 1. The van der Waals surface area contributed by atoms with Gasteiger partial charge in [0.2, 0.25) is 0 Å². The van der Waals surface area contributed by atoms with Crippen LogP contribution in [0.4, 0.5) is 13.2 Å². The summed E-state index contributed by atoms with van der Waals surface area (Å²) in [4.78, 5) is 4.83. The van der Waals surface area contributed by atoms with Crippen molar-refractivity contribution < 1.29 is 13.2 Å². The molecule has 0 amide bonds. The number of halogens is 3. The Morgan fingerprint density at radius 2 is 1.92 bits per heavy atom. The van der Waals surface area contributed by atoms with Crippen molar-refractivity contribution in [3.63, 3.8) is 0 Å². The molecule has 0 saturated carbocycles. The fourth-order valence-electron chi connectivity index (χ4n) is 2.20. The van der Waals surface area contributed by atoms with E-state index in [2.05, 4.69) is 4.98 Å². The summed E-state index contributed by atoms with van der Waals surface area (Å²) in [5, 5.41) is 8.93. The molecule has 24 heavy (non-hydrogen) atoms. The van der Waals surface area contributed by atoms with Crippen molar-refractivity contribution in [1.82, 2.24) is 9.29 Å². The van der Waals surface area contributed by atoms with Crippen molar-refractivity contribution in [3.8, 4) is 6.07 Å². The highest BCUT2D eigenvalue weighted by molar-refractivity contribution is 7.97. The van der Waals surface area contributed by atoms with E-state index in [-0.39, 0.29) is 6.04 Å². The van der Waals surface area contributed by atoms with Gasteiger partial charge in [0.1, 0.15) is 6.07 Å². The van der Waals surface area contributed by atoms with Crippen LogP contribution in [0.1, 0.15) is 36.6 Å². The van der Waals surface area contributed by atoms with Crippen LogP contribution in [0.25, 0.3) is 0 Å². The summed E-state index contributed by atoms with van der Waals surface area (Å²) in [5.74, 6) is 0. The Hall–Kier alpha value is -2.04. The van der Waals surface area contributed by atoms with Gasteiger partial charge in [0, 0.05) is 29.9 Å². The molecule has 0 aliphatic rings. The van der Waals surface area contributed by atoms with E-state index in [9.17, 15) is 13.2 Å². The molecule has 0 N–H and O–H groups in total. The van der Waals surface area contributed by atoms with Crippen molar-refractivity contribution in [3.05, 3.63) is 59.4 Å². The number of aromatic nitrogens is 1. The second-order valence-corrected chi connectivity index (χ2v) is 6.26. The van der Waals surface area contributed by atoms with E-state index < -0.39 is 11.7 Å². The van der Waals surface area contributed by atoms with Crippen LogP contribution in [0.2, 0.25) is 0 Å². The fraction of sp³-hybridized carbons (Fsp3) is 0.294. The van der Waals surface area contributed by atoms with Gasteiger partial charge in [-0.15, -0.1) is 0 Å². The molecule has 0 aliphatic heterocycles. The van der Waals surface area contributed by atoms with Crippen molar-refractivity contribution >= 4 is 11.9 Å². The molecule has 1 unspecified atom stereocenters. The van der Waals surface area contributed by atoms with Gasteiger partial charge in [-0.3, -0.25) is 4.98 Å². The second kappa shape index (κ2) is 7.69. The third-order valence-corrected chi connectivity index (χ3v) is 4.77. The molecule has 2 aromatic rings. The minimum absolute atomic E-state index is 0.0898. The molecular formula is C17H16F3N3S. The first-order valence-electron chi connectivity index (χ1n) is 7.32. The van der Waals surface area contributed by atoms with Crippen molar-refractivity contribution in [1.29, 1.82) is 5.26 Å². The first-order valence-corrected chi connectivity index (χ1v) is 8.09. The Bertz CT molecular complexity index is 723. The lowest BCUT2D eigenvalue weighted by atomic mass is 10.1. The molecule has 0 aliphatic carbocycles. The summed E-state index contributed by atoms with van der Waals surface area (Å²) in [6.07, 6.45) is -1.18. The minimum atomic E-state index is -4.33. The van der Waals surface area contributed by atoms with Crippen LogP contribution in [0.5, 0.6) is 0 Å². The summed E-state index contributed by atoms with van der Waals surface area (Å²) in [6.45, 7) is 4.58. The van der Waals surface area contributed by atoms with Gasteiger partial charge >= 0.3 is 6.18 Å². The third-order valence-electron chi connectivity index (χ3n) is 3.53. The highest BCUT2D eigenvalue weighted by Gasteiger charge is 2.30. The molecule has 126 valence electrons. The average molecular weight is 351 g/mol. The molecule has 0 saturated heterocycles. The SMILES string of the molecule is CCN(Sc1cncc(C#N)c1)C(C)c1ccc(C(F)(F)F)cc1. The van der Waals surface area contributed by atoms with Gasteiger partial charge in [0.05, 0.1) is 11.1 Å². The predicted octanol–water partition coefficient (Wildman–Crippen LogP) is 5.06. The summed E-state index contributed by atoms with van der Waals surface area (Å²) in [6, 6.07) is 8.89. The molecular weight excluding hydrogens is 335 g/mol. The van der Waals surface area contributed by atoms with E-state index in [1.165, 1.54) is 30.3 Å². The van der Waals surface area contributed by atoms with E-state index in [1.807, 2.05) is 24.2 Å². The predicted molar refractivity (Wildman–Crippen MR) is 87.0 cm³/mol. The summed E-state index contributed by atoms with van der Waals surface area (Å²) in [7, 11) is 0. The Morgan fingerprint density at radius 3 is 2.46 bits per heavy atom. The number of nitrogens with zero attached hydrogens (tertiary/aromatic N) is 3. The normalized spacial score (nSPS) is 12.9. The number of nitriles is 1. The Labute approximate surface area is 143 Å². The molecule has 0 bridgehead atoms. The molecule has 1 aromatic heterocycles. The maximum absolute atomic E-state index is 12.7. The first-order chi connectivity index (χ1) is 11.3. The topological polar surface area (TPSA) is 39.9 Å². The van der Waals surface area contributed by atoms with Crippen LogP contribution in [0, 0.1) is 11.3 Å². The largest absolute Gasteiger partial charge is 0.416 e. The van der Waals surface area contributed by atoms with Crippen LogP contribution < -0.4 is 0 Å². The standard InChI is InChI=1S/C17H16F3N3S/c1-3-23(24-16-8-13(9-21)10-22-11-16)12(2)14-4-6-15(7-5-14)17(18,19)20/h4-8,10-12H,3H2,1-2H3. The fourth-order valence-corrected chi connectivity index (χ4v) is 3.17. The van der Waals surface area contributed by atoms with Crippen molar-refractivity contribution in [2.24, 2.45) is 0 Å². The van der Waals surface area contributed by atoms with Gasteiger partial charge in [0.25, 0.3) is 0 Å². The van der Waals surface area contributed by atoms with E-state index in [4.69, 9.17) is 5.26 Å². The molecule has 7 heteroatoms. The van der Waals surface area contributed by atoms with E-state index in [1.54, 1.807) is 12.3 Å². The quantitative estimate of drug-likeness (QED) is 0.706. The first kappa shape index (κ1) is 18.3. The van der Waals surface area contributed by atoms with Gasteiger partial charge in [-0.05, 0) is 42.6 Å². The van der Waals surface area contributed by atoms with Crippen LogP contribution >= 0.6 is 11.9 Å². The number of rotatable bonds is 5.